The highest BCUT2D eigenvalue weighted by atomic mass is 32.1. The van der Waals surface area contributed by atoms with E-state index in [1.165, 1.54) is 34.8 Å². The van der Waals surface area contributed by atoms with Gasteiger partial charge in [-0.15, -0.1) is 22.7 Å². The first-order chi connectivity index (χ1) is 15.3. The van der Waals surface area contributed by atoms with Gasteiger partial charge in [0, 0.05) is 38.4 Å². The molecule has 4 aliphatic rings. The number of alkyl halides is 3. The fourth-order valence-electron chi connectivity index (χ4n) is 5.70. The molecule has 2 aliphatic carbocycles. The molecule has 0 radical (unpaired) electrons. The largest absolute Gasteiger partial charge is 0.737 e. The number of allylic oxidation sites excluding steroid dienone is 3. The van der Waals surface area contributed by atoms with E-state index in [2.05, 4.69) is 0 Å². The standard InChI is InChI=1S/C22H14BF5N2S2/c24-22(25,26)19-15-9-11-1-3-17-13(5-7-31-17)20(11)29(15)23(27,28)30-16(19)10-12-2-4-18-14(21(12)30)6-8-32-18/h5-10H,1-4H2. The summed E-state index contributed by atoms with van der Waals surface area (Å²) in [5.74, 6) is 0. The number of aromatic nitrogens is 1. The highest BCUT2D eigenvalue weighted by molar-refractivity contribution is 7.10. The zero-order valence-electron chi connectivity index (χ0n) is 16.5. The molecule has 0 amide bonds. The van der Waals surface area contributed by atoms with Gasteiger partial charge in [0.1, 0.15) is 5.57 Å². The minimum atomic E-state index is -4.76. The molecule has 0 spiro atoms. The second kappa shape index (κ2) is 5.91. The Kier molecular flexibility index (Phi) is 3.52. The molecule has 162 valence electrons. The van der Waals surface area contributed by atoms with Crippen LogP contribution in [0.4, 0.5) is 21.8 Å². The van der Waals surface area contributed by atoms with Crippen LogP contribution in [0.2, 0.25) is 0 Å². The maximum absolute atomic E-state index is 16.4. The third-order valence-electron chi connectivity index (χ3n) is 6.89. The fraction of sp³-hybridized carbons (Fsp3) is 0.227. The van der Waals surface area contributed by atoms with E-state index in [-0.39, 0.29) is 11.4 Å². The highest BCUT2D eigenvalue weighted by Crippen LogP contribution is 2.51. The highest BCUT2D eigenvalue weighted by Gasteiger charge is 2.60. The molecule has 0 bridgehead atoms. The number of aryl methyl sites for hydroxylation is 3. The second-order valence-corrected chi connectivity index (χ2v) is 10.5. The first-order valence-electron chi connectivity index (χ1n) is 10.4. The van der Waals surface area contributed by atoms with Gasteiger partial charge < -0.3 is 17.6 Å². The van der Waals surface area contributed by atoms with Crippen molar-refractivity contribution in [3.63, 3.8) is 0 Å². The lowest BCUT2D eigenvalue weighted by Gasteiger charge is -2.34. The molecule has 0 fully saturated rings. The normalized spacial score (nSPS) is 20.3. The van der Waals surface area contributed by atoms with Crippen molar-refractivity contribution in [2.45, 2.75) is 31.9 Å². The zero-order valence-corrected chi connectivity index (χ0v) is 18.1. The average molecular weight is 476 g/mol. The smallest absolute Gasteiger partial charge is 0.389 e. The summed E-state index contributed by atoms with van der Waals surface area (Å²) < 4.78 is 77.6. The molecule has 7 rings (SSSR count). The monoisotopic (exact) mass is 476 g/mol. The Hall–Kier alpha value is -2.46. The van der Waals surface area contributed by atoms with Crippen LogP contribution in [-0.4, -0.2) is 27.8 Å². The molecular formula is C22H14BF5N2S2. The van der Waals surface area contributed by atoms with Gasteiger partial charge in [-0.05, 0) is 60.2 Å². The third-order valence-corrected chi connectivity index (χ3v) is 8.85. The van der Waals surface area contributed by atoms with E-state index in [1.54, 1.807) is 12.1 Å². The van der Waals surface area contributed by atoms with Crippen molar-refractivity contribution < 1.29 is 26.3 Å². The Labute approximate surface area is 187 Å². The number of hydrogen-bond acceptors (Lipinski definition) is 2. The molecular weight excluding hydrogens is 462 g/mol. The summed E-state index contributed by atoms with van der Waals surface area (Å²) in [6.45, 7) is -4.53. The number of thiophene rings is 2. The summed E-state index contributed by atoms with van der Waals surface area (Å²) in [5, 5.41) is 3.64. The number of nitrogens with zero attached hydrogens (tertiary/aromatic N) is 2. The van der Waals surface area contributed by atoms with Gasteiger partial charge in [0.05, 0.1) is 5.56 Å². The number of hydrogen-bond donors (Lipinski definition) is 0. The summed E-state index contributed by atoms with van der Waals surface area (Å²) in [6.07, 6.45) is -1.19. The molecule has 0 saturated heterocycles. The second-order valence-electron chi connectivity index (χ2n) is 8.52. The molecule has 0 atom stereocenters. The first-order valence-corrected chi connectivity index (χ1v) is 12.1. The molecule has 5 heterocycles. The lowest BCUT2D eigenvalue weighted by Crippen LogP contribution is -2.52. The third kappa shape index (κ3) is 2.22. The molecule has 2 nitrogen and oxygen atoms in total. The van der Waals surface area contributed by atoms with Gasteiger partial charge in [0.15, 0.2) is 11.4 Å². The van der Waals surface area contributed by atoms with Crippen LogP contribution in [0.25, 0.3) is 16.8 Å². The van der Waals surface area contributed by atoms with Crippen molar-refractivity contribution in [2.75, 3.05) is 0 Å². The SMILES string of the molecule is F[B-]1(F)n2c(cc3c2-c2ccsc2CC3)C(C(F)(F)F)=C2C=C3CCc4sccc4C3=[N+]21. The Bertz CT molecular complexity index is 1450. The predicted molar refractivity (Wildman–Crippen MR) is 117 cm³/mol. The summed E-state index contributed by atoms with van der Waals surface area (Å²) in [4.78, 5) is 1.89. The van der Waals surface area contributed by atoms with Gasteiger partial charge in [-0.1, -0.05) is 0 Å². The van der Waals surface area contributed by atoms with Crippen LogP contribution in [0.5, 0.6) is 0 Å². The number of fused-ring (bicyclic) bond motifs is 9. The van der Waals surface area contributed by atoms with Gasteiger partial charge in [0.2, 0.25) is 0 Å². The summed E-state index contributed by atoms with van der Waals surface area (Å²) in [5.41, 5.74) is 1.06. The van der Waals surface area contributed by atoms with E-state index in [9.17, 15) is 13.2 Å². The van der Waals surface area contributed by atoms with Crippen molar-refractivity contribution in [2.24, 2.45) is 0 Å². The van der Waals surface area contributed by atoms with Crippen LogP contribution in [0.3, 0.4) is 0 Å². The quantitative estimate of drug-likeness (QED) is 0.267. The van der Waals surface area contributed by atoms with Gasteiger partial charge in [-0.2, -0.15) is 13.2 Å². The molecule has 0 unspecified atom stereocenters. The van der Waals surface area contributed by atoms with E-state index in [1.807, 2.05) is 10.8 Å². The van der Waals surface area contributed by atoms with Crippen molar-refractivity contribution >= 4 is 40.9 Å². The molecule has 3 aromatic rings. The van der Waals surface area contributed by atoms with Crippen LogP contribution >= 0.6 is 22.7 Å². The van der Waals surface area contributed by atoms with E-state index < -0.39 is 30.1 Å². The van der Waals surface area contributed by atoms with Crippen molar-refractivity contribution in [1.29, 1.82) is 0 Å². The number of halogens is 5. The Morgan fingerprint density at radius 2 is 1.62 bits per heavy atom. The number of rotatable bonds is 0. The van der Waals surface area contributed by atoms with Crippen LogP contribution in [0.1, 0.15) is 33.0 Å². The van der Waals surface area contributed by atoms with Gasteiger partial charge in [-0.25, -0.2) is 0 Å². The molecule has 2 aliphatic heterocycles. The zero-order chi connectivity index (χ0) is 22.0. The molecule has 3 aromatic heterocycles. The Morgan fingerprint density at radius 3 is 2.38 bits per heavy atom. The minimum absolute atomic E-state index is 0.240. The van der Waals surface area contributed by atoms with Crippen molar-refractivity contribution in [3.8, 4) is 11.3 Å². The average Bonchev–Trinajstić information content (AvgIpc) is 3.47. The van der Waals surface area contributed by atoms with Crippen LogP contribution < -0.4 is 0 Å². The Morgan fingerprint density at radius 1 is 0.938 bits per heavy atom. The van der Waals surface area contributed by atoms with Gasteiger partial charge in [-0.3, -0.25) is 0 Å². The van der Waals surface area contributed by atoms with Gasteiger partial charge >= 0.3 is 13.1 Å². The lowest BCUT2D eigenvalue weighted by atomic mass is 9.85. The van der Waals surface area contributed by atoms with Crippen LogP contribution in [-0.2, 0) is 19.3 Å². The summed E-state index contributed by atoms with van der Waals surface area (Å²) >= 11 is 2.93. The molecule has 10 heteroatoms. The molecule has 0 saturated carbocycles. The first kappa shape index (κ1) is 19.1. The topological polar surface area (TPSA) is 7.94 Å². The van der Waals surface area contributed by atoms with E-state index in [0.29, 0.717) is 56.9 Å². The van der Waals surface area contributed by atoms with E-state index >= 15 is 8.63 Å². The van der Waals surface area contributed by atoms with Crippen molar-refractivity contribution in [3.05, 3.63) is 72.9 Å². The van der Waals surface area contributed by atoms with E-state index in [0.717, 1.165) is 9.75 Å². The lowest BCUT2D eigenvalue weighted by molar-refractivity contribution is -0.362. The van der Waals surface area contributed by atoms with Gasteiger partial charge in [0.25, 0.3) is 0 Å². The molecule has 0 aromatic carbocycles. The van der Waals surface area contributed by atoms with Crippen LogP contribution in [0, 0.1) is 0 Å². The van der Waals surface area contributed by atoms with Crippen molar-refractivity contribution in [1.82, 2.24) is 4.48 Å². The fourth-order valence-corrected chi connectivity index (χ4v) is 7.46. The Balaban J connectivity index is 1.63. The van der Waals surface area contributed by atoms with E-state index in [4.69, 9.17) is 0 Å². The maximum atomic E-state index is 16.4. The summed E-state index contributed by atoms with van der Waals surface area (Å²) in [7, 11) is 0. The molecule has 0 N–H and O–H groups in total. The van der Waals surface area contributed by atoms with Crippen LogP contribution in [0.15, 0.2) is 46.3 Å². The predicted octanol–water partition coefficient (Wildman–Crippen LogP) is 6.27. The minimum Gasteiger partial charge on any atom is -0.389 e. The molecule has 32 heavy (non-hydrogen) atoms. The summed E-state index contributed by atoms with van der Waals surface area (Å²) in [6, 6.07) is 4.85. The maximum Gasteiger partial charge on any atom is 0.737 e.